The van der Waals surface area contributed by atoms with E-state index in [9.17, 15) is 14.3 Å². The first-order chi connectivity index (χ1) is 14.4. The minimum Gasteiger partial charge on any atom is -0.355 e. The quantitative estimate of drug-likeness (QED) is 0.451. The van der Waals surface area contributed by atoms with E-state index in [1.54, 1.807) is 0 Å². The summed E-state index contributed by atoms with van der Waals surface area (Å²) in [6, 6.07) is 18.1. The van der Waals surface area contributed by atoms with Crippen LogP contribution in [0.2, 0.25) is 0 Å². The standard InChI is InChI=1S/C26H38NO3P/c1-20(2)15-24(25(28)27-19-26(3,4)5)18-31(29,30)17-23-13-11-22(12-14-23)16-21-9-7-6-8-10-21/h6-14,20,24H,15-19H2,1-5H3,(H,27,28)(H,29,30). The Morgan fingerprint density at radius 3 is 2.06 bits per heavy atom. The lowest BCUT2D eigenvalue weighted by Crippen LogP contribution is -2.38. The number of nitrogens with one attached hydrogen (secondary N) is 1. The fourth-order valence-electron chi connectivity index (χ4n) is 3.62. The second-order valence-electron chi connectivity index (χ2n) is 10.3. The van der Waals surface area contributed by atoms with Crippen molar-refractivity contribution in [2.45, 2.75) is 53.6 Å². The molecule has 0 aliphatic heterocycles. The van der Waals surface area contributed by atoms with Crippen molar-refractivity contribution in [3.8, 4) is 0 Å². The molecule has 4 nitrogen and oxygen atoms in total. The van der Waals surface area contributed by atoms with Gasteiger partial charge in [-0.25, -0.2) is 0 Å². The van der Waals surface area contributed by atoms with E-state index in [-0.39, 0.29) is 29.6 Å². The predicted octanol–water partition coefficient (Wildman–Crippen LogP) is 5.87. The number of carbonyl (C=O) groups excluding carboxylic acids is 1. The average molecular weight is 444 g/mol. The van der Waals surface area contributed by atoms with Gasteiger partial charge in [0.2, 0.25) is 13.3 Å². The van der Waals surface area contributed by atoms with E-state index in [0.717, 1.165) is 12.0 Å². The number of carbonyl (C=O) groups is 1. The highest BCUT2D eigenvalue weighted by Gasteiger charge is 2.30. The lowest BCUT2D eigenvalue weighted by molar-refractivity contribution is -0.125. The molecule has 0 saturated carbocycles. The molecular weight excluding hydrogens is 405 g/mol. The number of benzene rings is 2. The number of amides is 1. The minimum atomic E-state index is -3.49. The molecule has 1 amide bonds. The molecule has 170 valence electrons. The van der Waals surface area contributed by atoms with Gasteiger partial charge in [-0.05, 0) is 40.9 Å². The van der Waals surface area contributed by atoms with Gasteiger partial charge in [0.25, 0.3) is 0 Å². The van der Waals surface area contributed by atoms with Crippen LogP contribution in [0.25, 0.3) is 0 Å². The van der Waals surface area contributed by atoms with Crippen molar-refractivity contribution in [1.29, 1.82) is 0 Å². The van der Waals surface area contributed by atoms with Crippen molar-refractivity contribution in [2.75, 3.05) is 12.7 Å². The maximum Gasteiger partial charge on any atom is 0.223 e. The molecule has 2 aromatic rings. The molecule has 2 atom stereocenters. The smallest absolute Gasteiger partial charge is 0.223 e. The Morgan fingerprint density at radius 1 is 0.968 bits per heavy atom. The molecule has 0 radical (unpaired) electrons. The van der Waals surface area contributed by atoms with Crippen LogP contribution in [0.15, 0.2) is 54.6 Å². The molecule has 0 fully saturated rings. The summed E-state index contributed by atoms with van der Waals surface area (Å²) in [6.45, 7) is 10.8. The largest absolute Gasteiger partial charge is 0.355 e. The van der Waals surface area contributed by atoms with Gasteiger partial charge in [-0.3, -0.25) is 9.36 Å². The zero-order valence-corrected chi connectivity index (χ0v) is 20.5. The molecule has 5 heteroatoms. The molecule has 0 aliphatic carbocycles. The highest BCUT2D eigenvalue weighted by atomic mass is 31.2. The Morgan fingerprint density at radius 2 is 1.52 bits per heavy atom. The molecule has 0 spiro atoms. The van der Waals surface area contributed by atoms with Crippen molar-refractivity contribution >= 4 is 13.3 Å². The summed E-state index contributed by atoms with van der Waals surface area (Å²) < 4.78 is 13.0. The van der Waals surface area contributed by atoms with Gasteiger partial charge < -0.3 is 10.2 Å². The molecule has 2 N–H and O–H groups in total. The summed E-state index contributed by atoms with van der Waals surface area (Å²) in [5.41, 5.74) is 3.21. The molecular formula is C26H38NO3P. The normalized spacial score (nSPS) is 14.8. The van der Waals surface area contributed by atoms with Crippen LogP contribution in [0.3, 0.4) is 0 Å². The Hall–Kier alpha value is -1.90. The summed E-state index contributed by atoms with van der Waals surface area (Å²) in [6.07, 6.45) is 1.56. The van der Waals surface area contributed by atoms with E-state index in [1.165, 1.54) is 11.1 Å². The third-order valence-corrected chi connectivity index (χ3v) is 7.00. The van der Waals surface area contributed by atoms with Gasteiger partial charge in [0.05, 0.1) is 0 Å². The molecule has 2 rings (SSSR count). The third-order valence-electron chi connectivity index (χ3n) is 5.13. The molecule has 0 heterocycles. The summed E-state index contributed by atoms with van der Waals surface area (Å²) in [5.74, 6) is -0.283. The first kappa shape index (κ1) is 25.4. The van der Waals surface area contributed by atoms with Crippen LogP contribution < -0.4 is 5.32 Å². The number of hydrogen-bond acceptors (Lipinski definition) is 2. The van der Waals surface area contributed by atoms with Crippen LogP contribution >= 0.6 is 7.37 Å². The Kier molecular flexibility index (Phi) is 9.09. The van der Waals surface area contributed by atoms with Gasteiger partial charge in [-0.2, -0.15) is 0 Å². The average Bonchev–Trinajstić information content (AvgIpc) is 2.66. The molecule has 2 unspecified atom stereocenters. The zero-order valence-electron chi connectivity index (χ0n) is 19.6. The van der Waals surface area contributed by atoms with E-state index < -0.39 is 13.3 Å². The highest BCUT2D eigenvalue weighted by molar-refractivity contribution is 7.57. The first-order valence-corrected chi connectivity index (χ1v) is 13.2. The topological polar surface area (TPSA) is 66.4 Å². The Balaban J connectivity index is 2.01. The van der Waals surface area contributed by atoms with Crippen LogP contribution in [0.5, 0.6) is 0 Å². The van der Waals surface area contributed by atoms with Crippen molar-refractivity contribution < 1.29 is 14.3 Å². The van der Waals surface area contributed by atoms with Crippen molar-refractivity contribution in [3.63, 3.8) is 0 Å². The maximum absolute atomic E-state index is 13.0. The van der Waals surface area contributed by atoms with Crippen molar-refractivity contribution in [3.05, 3.63) is 71.3 Å². The van der Waals surface area contributed by atoms with E-state index in [4.69, 9.17) is 0 Å². The minimum absolute atomic E-state index is 0.0208. The van der Waals surface area contributed by atoms with Crippen LogP contribution in [0.1, 0.15) is 57.7 Å². The zero-order chi connectivity index (χ0) is 23.1. The van der Waals surface area contributed by atoms with E-state index in [1.807, 2.05) is 56.3 Å². The maximum atomic E-state index is 13.0. The second kappa shape index (κ2) is 11.1. The number of hydrogen-bond donors (Lipinski definition) is 2. The van der Waals surface area contributed by atoms with E-state index >= 15 is 0 Å². The van der Waals surface area contributed by atoms with Gasteiger partial charge >= 0.3 is 0 Å². The Bertz CT molecular complexity index is 870. The van der Waals surface area contributed by atoms with Crippen LogP contribution in [0.4, 0.5) is 0 Å². The summed E-state index contributed by atoms with van der Waals surface area (Å²) in [5, 5.41) is 2.97. The third kappa shape index (κ3) is 9.84. The molecule has 0 aromatic heterocycles. The van der Waals surface area contributed by atoms with Crippen molar-refractivity contribution in [1.82, 2.24) is 5.32 Å². The van der Waals surface area contributed by atoms with Crippen LogP contribution in [-0.2, 0) is 21.9 Å². The first-order valence-electron chi connectivity index (χ1n) is 11.1. The SMILES string of the molecule is CC(C)CC(CP(=O)(O)Cc1ccc(Cc2ccccc2)cc1)C(=O)NCC(C)(C)C. The summed E-state index contributed by atoms with van der Waals surface area (Å²) >= 11 is 0. The fourth-order valence-corrected chi connectivity index (χ4v) is 5.53. The van der Waals surface area contributed by atoms with Gasteiger partial charge in [0.1, 0.15) is 0 Å². The predicted molar refractivity (Wildman–Crippen MR) is 129 cm³/mol. The van der Waals surface area contributed by atoms with E-state index in [2.05, 4.69) is 38.2 Å². The van der Waals surface area contributed by atoms with Gasteiger partial charge in [-0.1, -0.05) is 89.2 Å². The highest BCUT2D eigenvalue weighted by Crippen LogP contribution is 2.47. The van der Waals surface area contributed by atoms with Gasteiger partial charge in [0.15, 0.2) is 0 Å². The van der Waals surface area contributed by atoms with Crippen molar-refractivity contribution in [2.24, 2.45) is 17.3 Å². The molecule has 2 aromatic carbocycles. The molecule has 0 saturated heterocycles. The fraction of sp³-hybridized carbons (Fsp3) is 0.500. The van der Waals surface area contributed by atoms with Crippen LogP contribution in [-0.4, -0.2) is 23.5 Å². The van der Waals surface area contributed by atoms with Crippen LogP contribution in [0, 0.1) is 17.3 Å². The lowest BCUT2D eigenvalue weighted by atomic mass is 9.95. The number of rotatable bonds is 10. The van der Waals surface area contributed by atoms with Gasteiger partial charge in [-0.15, -0.1) is 0 Å². The Labute approximate surface area is 187 Å². The van der Waals surface area contributed by atoms with E-state index in [0.29, 0.717) is 13.0 Å². The monoisotopic (exact) mass is 443 g/mol. The lowest BCUT2D eigenvalue weighted by Gasteiger charge is -2.24. The molecule has 0 bridgehead atoms. The molecule has 0 aliphatic rings. The summed E-state index contributed by atoms with van der Waals surface area (Å²) in [7, 11) is -3.49. The second-order valence-corrected chi connectivity index (χ2v) is 12.6. The molecule has 31 heavy (non-hydrogen) atoms. The van der Waals surface area contributed by atoms with Gasteiger partial charge in [0, 0.05) is 24.8 Å². The summed E-state index contributed by atoms with van der Waals surface area (Å²) in [4.78, 5) is 23.4.